The third-order valence-electron chi connectivity index (χ3n) is 2.92. The van der Waals surface area contributed by atoms with E-state index >= 15 is 0 Å². The maximum Gasteiger partial charge on any atom is 0.0765 e. The highest BCUT2D eigenvalue weighted by Crippen LogP contribution is 2.16. The zero-order valence-electron chi connectivity index (χ0n) is 11.3. The molecule has 0 aliphatic rings. The average molecular weight is 272 g/mol. The van der Waals surface area contributed by atoms with Crippen molar-refractivity contribution in [2.24, 2.45) is 0 Å². The number of aryl methyl sites for hydroxylation is 1. The molecule has 0 spiro atoms. The van der Waals surface area contributed by atoms with Gasteiger partial charge in [0.15, 0.2) is 0 Å². The van der Waals surface area contributed by atoms with Gasteiger partial charge in [0.2, 0.25) is 0 Å². The van der Waals surface area contributed by atoms with Crippen LogP contribution in [0.2, 0.25) is 5.02 Å². The normalized spacial score (nSPS) is 14.5. The number of hydrogen-bond acceptors (Lipinski definition) is 3. The fourth-order valence-electron chi connectivity index (χ4n) is 1.63. The Balaban J connectivity index is 2.39. The van der Waals surface area contributed by atoms with Gasteiger partial charge in [-0.05, 0) is 31.0 Å². The Morgan fingerprint density at radius 1 is 1.44 bits per heavy atom. The monoisotopic (exact) mass is 271 g/mol. The van der Waals surface area contributed by atoms with Crippen molar-refractivity contribution in [2.75, 3.05) is 20.3 Å². The van der Waals surface area contributed by atoms with E-state index in [1.807, 2.05) is 25.1 Å². The minimum Gasteiger partial charge on any atom is -0.389 e. The zero-order chi connectivity index (χ0) is 13.6. The maximum atomic E-state index is 10.1. The van der Waals surface area contributed by atoms with Crippen LogP contribution in [0.5, 0.6) is 0 Å². The van der Waals surface area contributed by atoms with Crippen LogP contribution >= 0.6 is 11.6 Å². The van der Waals surface area contributed by atoms with Gasteiger partial charge in [-0.25, -0.2) is 0 Å². The average Bonchev–Trinajstić information content (AvgIpc) is 2.31. The number of rotatable bonds is 7. The largest absolute Gasteiger partial charge is 0.389 e. The predicted molar refractivity (Wildman–Crippen MR) is 75.0 cm³/mol. The molecule has 0 aliphatic carbocycles. The Morgan fingerprint density at radius 3 is 2.78 bits per heavy atom. The smallest absolute Gasteiger partial charge is 0.0765 e. The number of nitrogens with one attached hydrogen (secondary N) is 1. The lowest BCUT2D eigenvalue weighted by atomic mass is 10.0. The molecule has 0 heterocycles. The Morgan fingerprint density at radius 2 is 2.17 bits per heavy atom. The van der Waals surface area contributed by atoms with Crippen molar-refractivity contribution in [1.29, 1.82) is 0 Å². The first-order valence-electron chi connectivity index (χ1n) is 6.12. The number of halogens is 1. The van der Waals surface area contributed by atoms with Crippen molar-refractivity contribution in [1.82, 2.24) is 5.32 Å². The molecule has 102 valence electrons. The fraction of sp³-hybridized carbons (Fsp3) is 0.571. The molecular weight excluding hydrogens is 250 g/mol. The van der Waals surface area contributed by atoms with Crippen LogP contribution in [-0.2, 0) is 11.3 Å². The maximum absolute atomic E-state index is 10.1. The van der Waals surface area contributed by atoms with E-state index in [9.17, 15) is 5.11 Å². The summed E-state index contributed by atoms with van der Waals surface area (Å²) in [6.45, 7) is 5.58. The molecule has 1 aromatic carbocycles. The highest BCUT2D eigenvalue weighted by molar-refractivity contribution is 6.31. The second kappa shape index (κ2) is 7.10. The highest BCUT2D eigenvalue weighted by atomic mass is 35.5. The first kappa shape index (κ1) is 15.4. The number of ether oxygens (including phenoxy) is 1. The van der Waals surface area contributed by atoms with Crippen molar-refractivity contribution in [3.8, 4) is 0 Å². The number of methoxy groups -OCH3 is 1. The van der Waals surface area contributed by atoms with Crippen molar-refractivity contribution in [2.45, 2.75) is 32.4 Å². The molecule has 0 saturated carbocycles. The van der Waals surface area contributed by atoms with Crippen LogP contribution in [-0.4, -0.2) is 31.0 Å². The molecule has 0 aromatic heterocycles. The molecule has 0 radical (unpaired) electrons. The molecular formula is C14H22ClNO2. The Bertz CT molecular complexity index is 380. The van der Waals surface area contributed by atoms with Crippen LogP contribution in [0.25, 0.3) is 0 Å². The lowest BCUT2D eigenvalue weighted by Crippen LogP contribution is -2.38. The molecule has 1 atom stereocenters. The zero-order valence-corrected chi connectivity index (χ0v) is 12.0. The molecule has 1 rings (SSSR count). The second-order valence-corrected chi connectivity index (χ2v) is 5.33. The molecule has 1 aromatic rings. The van der Waals surface area contributed by atoms with Gasteiger partial charge in [-0.15, -0.1) is 0 Å². The lowest BCUT2D eigenvalue weighted by molar-refractivity contribution is 0.0247. The van der Waals surface area contributed by atoms with Gasteiger partial charge < -0.3 is 15.2 Å². The van der Waals surface area contributed by atoms with Crippen LogP contribution < -0.4 is 5.32 Å². The summed E-state index contributed by atoms with van der Waals surface area (Å²) in [7, 11) is 1.64. The minimum atomic E-state index is -0.746. The van der Waals surface area contributed by atoms with Gasteiger partial charge in [0, 0.05) is 38.2 Å². The van der Waals surface area contributed by atoms with Gasteiger partial charge in [0.05, 0.1) is 5.60 Å². The highest BCUT2D eigenvalue weighted by Gasteiger charge is 2.19. The van der Waals surface area contributed by atoms with E-state index in [0.29, 0.717) is 26.1 Å². The Hall–Kier alpha value is -0.610. The SMILES string of the molecule is COCCC(C)(O)CNCc1ccc(C)c(Cl)c1. The summed E-state index contributed by atoms with van der Waals surface area (Å²) < 4.78 is 4.97. The number of benzene rings is 1. The fourth-order valence-corrected chi connectivity index (χ4v) is 1.84. The van der Waals surface area contributed by atoms with Crippen molar-refractivity contribution < 1.29 is 9.84 Å². The molecule has 1 unspecified atom stereocenters. The summed E-state index contributed by atoms with van der Waals surface area (Å²) in [5.74, 6) is 0. The molecule has 0 amide bonds. The van der Waals surface area contributed by atoms with Gasteiger partial charge in [-0.3, -0.25) is 0 Å². The molecule has 0 bridgehead atoms. The summed E-state index contributed by atoms with van der Waals surface area (Å²) in [5, 5.41) is 14.1. The molecule has 0 fully saturated rings. The Kier molecular flexibility index (Phi) is 6.09. The summed E-state index contributed by atoms with van der Waals surface area (Å²) in [6, 6.07) is 5.99. The molecule has 4 heteroatoms. The van der Waals surface area contributed by atoms with Crippen LogP contribution in [0.15, 0.2) is 18.2 Å². The van der Waals surface area contributed by atoms with E-state index in [2.05, 4.69) is 5.32 Å². The van der Waals surface area contributed by atoms with Crippen LogP contribution in [0.1, 0.15) is 24.5 Å². The molecule has 0 saturated heterocycles. The summed E-state index contributed by atoms with van der Waals surface area (Å²) in [4.78, 5) is 0. The van der Waals surface area contributed by atoms with Gasteiger partial charge in [0.1, 0.15) is 0 Å². The molecule has 2 N–H and O–H groups in total. The summed E-state index contributed by atoms with van der Waals surface area (Å²) in [6.07, 6.45) is 0.616. The van der Waals surface area contributed by atoms with Gasteiger partial charge in [-0.2, -0.15) is 0 Å². The van der Waals surface area contributed by atoms with Crippen molar-refractivity contribution in [3.05, 3.63) is 34.3 Å². The third-order valence-corrected chi connectivity index (χ3v) is 3.32. The third kappa shape index (κ3) is 5.36. The van der Waals surface area contributed by atoms with E-state index in [4.69, 9.17) is 16.3 Å². The van der Waals surface area contributed by atoms with Gasteiger partial charge in [-0.1, -0.05) is 23.7 Å². The van der Waals surface area contributed by atoms with Gasteiger partial charge >= 0.3 is 0 Å². The molecule has 3 nitrogen and oxygen atoms in total. The van der Waals surface area contributed by atoms with E-state index in [1.54, 1.807) is 14.0 Å². The van der Waals surface area contributed by atoms with E-state index in [1.165, 1.54) is 0 Å². The summed E-state index contributed by atoms with van der Waals surface area (Å²) >= 11 is 6.06. The second-order valence-electron chi connectivity index (χ2n) is 4.93. The van der Waals surface area contributed by atoms with E-state index in [-0.39, 0.29) is 0 Å². The first-order valence-corrected chi connectivity index (χ1v) is 6.49. The van der Waals surface area contributed by atoms with Gasteiger partial charge in [0.25, 0.3) is 0 Å². The lowest BCUT2D eigenvalue weighted by Gasteiger charge is -2.23. The van der Waals surface area contributed by atoms with Crippen LogP contribution in [0.3, 0.4) is 0 Å². The first-order chi connectivity index (χ1) is 8.44. The molecule has 0 aliphatic heterocycles. The topological polar surface area (TPSA) is 41.5 Å². The standard InChI is InChI=1S/C14H22ClNO2/c1-11-4-5-12(8-13(11)15)9-16-10-14(2,17)6-7-18-3/h4-5,8,16-17H,6-7,9-10H2,1-3H3. The Labute approximate surface area is 114 Å². The predicted octanol–water partition coefficient (Wildman–Crippen LogP) is 2.53. The van der Waals surface area contributed by atoms with E-state index < -0.39 is 5.60 Å². The quantitative estimate of drug-likeness (QED) is 0.801. The number of hydrogen-bond donors (Lipinski definition) is 2. The van der Waals surface area contributed by atoms with E-state index in [0.717, 1.165) is 16.1 Å². The van der Waals surface area contributed by atoms with Crippen molar-refractivity contribution in [3.63, 3.8) is 0 Å². The summed E-state index contributed by atoms with van der Waals surface area (Å²) in [5.41, 5.74) is 1.45. The van der Waals surface area contributed by atoms with Crippen LogP contribution in [0, 0.1) is 6.92 Å². The van der Waals surface area contributed by atoms with Crippen LogP contribution in [0.4, 0.5) is 0 Å². The number of aliphatic hydroxyl groups is 1. The molecule has 18 heavy (non-hydrogen) atoms. The minimum absolute atomic E-state index is 0.530. The van der Waals surface area contributed by atoms with Crippen molar-refractivity contribution >= 4 is 11.6 Å².